The molecule has 1 fully saturated rings. The number of ether oxygens (including phenoxy) is 2. The highest BCUT2D eigenvalue weighted by atomic mass is 19.4. The minimum Gasteiger partial charge on any atom is -0.383 e. The molecule has 0 radical (unpaired) electrons. The lowest BCUT2D eigenvalue weighted by Gasteiger charge is -2.26. The van der Waals surface area contributed by atoms with Crippen LogP contribution in [0.25, 0.3) is 0 Å². The van der Waals surface area contributed by atoms with Gasteiger partial charge in [0, 0.05) is 30.9 Å². The summed E-state index contributed by atoms with van der Waals surface area (Å²) < 4.78 is 45.4. The average Bonchev–Trinajstić information content (AvgIpc) is 2.54. The van der Waals surface area contributed by atoms with Crippen molar-refractivity contribution in [1.82, 2.24) is 4.90 Å². The van der Waals surface area contributed by atoms with Crippen molar-refractivity contribution in [2.75, 3.05) is 51.4 Å². The van der Waals surface area contributed by atoms with E-state index in [-0.39, 0.29) is 19.1 Å². The lowest BCUT2D eigenvalue weighted by Crippen LogP contribution is -2.40. The summed E-state index contributed by atoms with van der Waals surface area (Å²) >= 11 is 0. The van der Waals surface area contributed by atoms with Crippen molar-refractivity contribution >= 4 is 11.6 Å². The van der Waals surface area contributed by atoms with Gasteiger partial charge in [0.05, 0.1) is 19.8 Å². The molecule has 0 aromatic heterocycles. The number of hydrogen-bond acceptors (Lipinski definition) is 4. The van der Waals surface area contributed by atoms with Gasteiger partial charge >= 0.3 is 6.18 Å². The Morgan fingerprint density at radius 1 is 1.22 bits per heavy atom. The molecule has 0 aliphatic carbocycles. The number of carbonyl (C=O) groups is 1. The van der Waals surface area contributed by atoms with E-state index in [1.54, 1.807) is 29.2 Å². The van der Waals surface area contributed by atoms with Gasteiger partial charge < -0.3 is 19.7 Å². The number of alkyl halides is 3. The predicted octanol–water partition coefficient (Wildman–Crippen LogP) is 2.15. The van der Waals surface area contributed by atoms with Gasteiger partial charge in [0.15, 0.2) is 0 Å². The van der Waals surface area contributed by atoms with Gasteiger partial charge in [-0.3, -0.25) is 4.79 Å². The van der Waals surface area contributed by atoms with Gasteiger partial charge in [-0.2, -0.15) is 13.2 Å². The number of carbonyl (C=O) groups excluding carboxylic acids is 1. The van der Waals surface area contributed by atoms with Crippen LogP contribution in [-0.2, 0) is 9.47 Å². The Labute approximate surface area is 132 Å². The van der Waals surface area contributed by atoms with Crippen LogP contribution in [0.2, 0.25) is 0 Å². The van der Waals surface area contributed by atoms with Crippen LogP contribution in [0.5, 0.6) is 0 Å². The fourth-order valence-corrected chi connectivity index (χ4v) is 2.14. The molecule has 0 unspecified atom stereocenters. The maximum Gasteiger partial charge on any atom is 0.411 e. The molecule has 1 aliphatic heterocycles. The number of amides is 1. The highest BCUT2D eigenvalue weighted by Crippen LogP contribution is 2.15. The molecule has 1 aromatic rings. The smallest absolute Gasteiger partial charge is 0.383 e. The first-order chi connectivity index (χ1) is 11.0. The first kappa shape index (κ1) is 17.6. The quantitative estimate of drug-likeness (QED) is 0.811. The third kappa shape index (κ3) is 6.07. The average molecular weight is 332 g/mol. The molecular weight excluding hydrogens is 313 g/mol. The van der Waals surface area contributed by atoms with Crippen LogP contribution in [0.3, 0.4) is 0 Å². The molecule has 0 saturated carbocycles. The maximum atomic E-state index is 12.2. The number of halogens is 3. The lowest BCUT2D eigenvalue weighted by atomic mass is 10.1. The first-order valence-corrected chi connectivity index (χ1v) is 7.31. The monoisotopic (exact) mass is 332 g/mol. The van der Waals surface area contributed by atoms with Gasteiger partial charge in [-0.05, 0) is 24.3 Å². The molecule has 1 aromatic carbocycles. The standard InChI is InChI=1S/C15H19F3N2O3/c16-15(17,18)11-23-8-5-19-13-3-1-12(2-4-13)14(21)20-6-9-22-10-7-20/h1-4,19H,5-11H2. The van der Waals surface area contributed by atoms with Crippen molar-refractivity contribution in [2.24, 2.45) is 0 Å². The number of morpholine rings is 1. The number of hydrogen-bond donors (Lipinski definition) is 1. The number of nitrogens with zero attached hydrogens (tertiary/aromatic N) is 1. The summed E-state index contributed by atoms with van der Waals surface area (Å²) in [6, 6.07) is 6.82. The van der Waals surface area contributed by atoms with Crippen molar-refractivity contribution in [3.8, 4) is 0 Å². The Balaban J connectivity index is 1.74. The molecular formula is C15H19F3N2O3. The van der Waals surface area contributed by atoms with Crippen LogP contribution in [0.4, 0.5) is 18.9 Å². The Bertz CT molecular complexity index is 500. The first-order valence-electron chi connectivity index (χ1n) is 7.31. The Morgan fingerprint density at radius 3 is 2.48 bits per heavy atom. The number of rotatable bonds is 6. The predicted molar refractivity (Wildman–Crippen MR) is 78.5 cm³/mol. The third-order valence-electron chi connectivity index (χ3n) is 3.27. The van der Waals surface area contributed by atoms with Crippen LogP contribution >= 0.6 is 0 Å². The van der Waals surface area contributed by atoms with E-state index in [0.29, 0.717) is 31.9 Å². The molecule has 1 heterocycles. The van der Waals surface area contributed by atoms with E-state index in [0.717, 1.165) is 5.69 Å². The second-order valence-electron chi connectivity index (χ2n) is 5.08. The van der Waals surface area contributed by atoms with Gasteiger partial charge in [0.25, 0.3) is 5.91 Å². The van der Waals surface area contributed by atoms with E-state index in [1.807, 2.05) is 0 Å². The number of benzene rings is 1. The highest BCUT2D eigenvalue weighted by Gasteiger charge is 2.27. The minimum atomic E-state index is -4.30. The maximum absolute atomic E-state index is 12.2. The second kappa shape index (κ2) is 8.16. The van der Waals surface area contributed by atoms with Crippen molar-refractivity contribution in [3.05, 3.63) is 29.8 Å². The van der Waals surface area contributed by atoms with Crippen molar-refractivity contribution in [2.45, 2.75) is 6.18 Å². The van der Waals surface area contributed by atoms with Gasteiger partial charge in [0.2, 0.25) is 0 Å². The van der Waals surface area contributed by atoms with Crippen molar-refractivity contribution in [3.63, 3.8) is 0 Å². The fraction of sp³-hybridized carbons (Fsp3) is 0.533. The minimum absolute atomic E-state index is 0.0476. The van der Waals surface area contributed by atoms with Crippen LogP contribution < -0.4 is 5.32 Å². The van der Waals surface area contributed by atoms with Crippen LogP contribution in [0, 0.1) is 0 Å². The zero-order valence-electron chi connectivity index (χ0n) is 12.6. The van der Waals surface area contributed by atoms with E-state index in [9.17, 15) is 18.0 Å². The normalized spacial score (nSPS) is 15.5. The highest BCUT2D eigenvalue weighted by molar-refractivity contribution is 5.94. The molecule has 0 spiro atoms. The molecule has 23 heavy (non-hydrogen) atoms. The van der Waals surface area contributed by atoms with E-state index in [4.69, 9.17) is 4.74 Å². The summed E-state index contributed by atoms with van der Waals surface area (Å²) in [6.07, 6.45) is -4.30. The molecule has 1 amide bonds. The van der Waals surface area contributed by atoms with Gasteiger partial charge in [-0.15, -0.1) is 0 Å². The Kier molecular flexibility index (Phi) is 6.23. The SMILES string of the molecule is O=C(c1ccc(NCCOCC(F)(F)F)cc1)N1CCOCC1. The van der Waals surface area contributed by atoms with Crippen molar-refractivity contribution < 1.29 is 27.4 Å². The summed E-state index contributed by atoms with van der Waals surface area (Å²) in [5.41, 5.74) is 1.30. The van der Waals surface area contributed by atoms with E-state index >= 15 is 0 Å². The Hall–Kier alpha value is -1.80. The van der Waals surface area contributed by atoms with Crippen LogP contribution in [-0.4, -0.2) is 63.0 Å². The fourth-order valence-electron chi connectivity index (χ4n) is 2.14. The van der Waals surface area contributed by atoms with Gasteiger partial charge in [-0.25, -0.2) is 0 Å². The second-order valence-corrected chi connectivity index (χ2v) is 5.08. The summed E-state index contributed by atoms with van der Waals surface area (Å²) in [5, 5.41) is 2.94. The van der Waals surface area contributed by atoms with Crippen LogP contribution in [0.1, 0.15) is 10.4 Å². The van der Waals surface area contributed by atoms with E-state index < -0.39 is 12.8 Å². The lowest BCUT2D eigenvalue weighted by molar-refractivity contribution is -0.172. The summed E-state index contributed by atoms with van der Waals surface area (Å²) in [5.74, 6) is -0.0478. The molecule has 1 saturated heterocycles. The molecule has 2 rings (SSSR count). The Morgan fingerprint density at radius 2 is 1.87 bits per heavy atom. The molecule has 1 aliphatic rings. The van der Waals surface area contributed by atoms with Gasteiger partial charge in [-0.1, -0.05) is 0 Å². The van der Waals surface area contributed by atoms with E-state index in [1.165, 1.54) is 0 Å². The molecule has 0 bridgehead atoms. The summed E-state index contributed by atoms with van der Waals surface area (Å²) in [6.45, 7) is 1.21. The summed E-state index contributed by atoms with van der Waals surface area (Å²) in [4.78, 5) is 14.0. The molecule has 128 valence electrons. The topological polar surface area (TPSA) is 50.8 Å². The number of nitrogens with one attached hydrogen (secondary N) is 1. The third-order valence-corrected chi connectivity index (χ3v) is 3.27. The van der Waals surface area contributed by atoms with E-state index in [2.05, 4.69) is 10.1 Å². The van der Waals surface area contributed by atoms with Crippen molar-refractivity contribution in [1.29, 1.82) is 0 Å². The zero-order valence-corrected chi connectivity index (χ0v) is 12.6. The van der Waals surface area contributed by atoms with Gasteiger partial charge in [0.1, 0.15) is 6.61 Å². The zero-order chi connectivity index (χ0) is 16.7. The summed E-state index contributed by atoms with van der Waals surface area (Å²) in [7, 11) is 0. The van der Waals surface area contributed by atoms with Crippen LogP contribution in [0.15, 0.2) is 24.3 Å². The molecule has 5 nitrogen and oxygen atoms in total. The molecule has 1 N–H and O–H groups in total. The molecule has 8 heteroatoms. The number of anilines is 1. The molecule has 0 atom stereocenters. The largest absolute Gasteiger partial charge is 0.411 e.